The predicted molar refractivity (Wildman–Crippen MR) is 62.2 cm³/mol. The van der Waals surface area contributed by atoms with Crippen LogP contribution >= 0.6 is 0 Å². The third-order valence-electron chi connectivity index (χ3n) is 1.96. The van der Waals surface area contributed by atoms with Crippen molar-refractivity contribution in [3.8, 4) is 0 Å². The molecule has 1 N–H and O–H groups in total. The SMILES string of the molecule is CCCN(CCC)C(=O)NCC(=O)OCC. The molecule has 0 aromatic rings. The molecule has 0 saturated carbocycles. The lowest BCUT2D eigenvalue weighted by atomic mass is 10.4. The molecule has 0 bridgehead atoms. The minimum atomic E-state index is -0.399. The van der Waals surface area contributed by atoms with E-state index in [1.807, 2.05) is 13.8 Å². The van der Waals surface area contributed by atoms with E-state index in [0.717, 1.165) is 12.8 Å². The smallest absolute Gasteiger partial charge is 0.325 e. The van der Waals surface area contributed by atoms with Crippen LogP contribution in [0.15, 0.2) is 0 Å². The average molecular weight is 230 g/mol. The Balaban J connectivity index is 3.94. The van der Waals surface area contributed by atoms with Crippen molar-refractivity contribution in [1.29, 1.82) is 0 Å². The van der Waals surface area contributed by atoms with Crippen molar-refractivity contribution in [2.24, 2.45) is 0 Å². The van der Waals surface area contributed by atoms with E-state index in [9.17, 15) is 9.59 Å². The number of nitrogens with zero attached hydrogens (tertiary/aromatic N) is 1. The standard InChI is InChI=1S/C11H22N2O3/c1-4-7-13(8-5-2)11(15)12-9-10(14)16-6-3/h4-9H2,1-3H3,(H,12,15). The van der Waals surface area contributed by atoms with E-state index < -0.39 is 5.97 Å². The van der Waals surface area contributed by atoms with E-state index in [1.54, 1.807) is 11.8 Å². The van der Waals surface area contributed by atoms with Crippen molar-refractivity contribution in [1.82, 2.24) is 10.2 Å². The van der Waals surface area contributed by atoms with Gasteiger partial charge in [-0.25, -0.2) is 4.79 Å². The molecule has 16 heavy (non-hydrogen) atoms. The zero-order valence-electron chi connectivity index (χ0n) is 10.4. The maximum Gasteiger partial charge on any atom is 0.325 e. The van der Waals surface area contributed by atoms with Crippen LogP contribution in [0.5, 0.6) is 0 Å². The van der Waals surface area contributed by atoms with Gasteiger partial charge in [-0.1, -0.05) is 13.8 Å². The fourth-order valence-electron chi connectivity index (χ4n) is 1.33. The van der Waals surface area contributed by atoms with E-state index in [1.165, 1.54) is 0 Å². The minimum absolute atomic E-state index is 0.0589. The Kier molecular flexibility index (Phi) is 8.29. The number of nitrogens with one attached hydrogen (secondary N) is 1. The molecule has 0 aliphatic carbocycles. The minimum Gasteiger partial charge on any atom is -0.465 e. The highest BCUT2D eigenvalue weighted by Gasteiger charge is 2.12. The van der Waals surface area contributed by atoms with Crippen LogP contribution in [-0.4, -0.2) is 43.1 Å². The van der Waals surface area contributed by atoms with Gasteiger partial charge in [0.05, 0.1) is 6.61 Å². The van der Waals surface area contributed by atoms with Gasteiger partial charge in [0.15, 0.2) is 0 Å². The lowest BCUT2D eigenvalue weighted by Crippen LogP contribution is -2.43. The maximum atomic E-state index is 11.6. The molecule has 0 radical (unpaired) electrons. The summed E-state index contributed by atoms with van der Waals surface area (Å²) in [5, 5.41) is 2.55. The number of hydrogen-bond acceptors (Lipinski definition) is 3. The van der Waals surface area contributed by atoms with Crippen molar-refractivity contribution < 1.29 is 14.3 Å². The van der Waals surface area contributed by atoms with Gasteiger partial charge in [-0.2, -0.15) is 0 Å². The highest BCUT2D eigenvalue weighted by Crippen LogP contribution is 1.94. The summed E-state index contributed by atoms with van der Waals surface area (Å²) >= 11 is 0. The predicted octanol–water partition coefficient (Wildman–Crippen LogP) is 1.38. The molecule has 0 atom stereocenters. The van der Waals surface area contributed by atoms with E-state index in [2.05, 4.69) is 5.32 Å². The van der Waals surface area contributed by atoms with Gasteiger partial charge in [0.25, 0.3) is 0 Å². The maximum absolute atomic E-state index is 11.6. The molecule has 0 spiro atoms. The number of urea groups is 1. The summed E-state index contributed by atoms with van der Waals surface area (Å²) in [6.07, 6.45) is 1.82. The molecule has 0 aromatic heterocycles. The Morgan fingerprint density at radius 2 is 1.69 bits per heavy atom. The molecule has 5 heteroatoms. The van der Waals surface area contributed by atoms with Gasteiger partial charge in [0.1, 0.15) is 6.54 Å². The second-order valence-corrected chi connectivity index (χ2v) is 3.45. The zero-order chi connectivity index (χ0) is 12.4. The van der Waals surface area contributed by atoms with Crippen molar-refractivity contribution in [3.05, 3.63) is 0 Å². The van der Waals surface area contributed by atoms with Crippen LogP contribution in [0.1, 0.15) is 33.6 Å². The van der Waals surface area contributed by atoms with Crippen LogP contribution in [0, 0.1) is 0 Å². The van der Waals surface area contributed by atoms with E-state index in [-0.39, 0.29) is 12.6 Å². The van der Waals surface area contributed by atoms with Gasteiger partial charge in [-0.05, 0) is 19.8 Å². The van der Waals surface area contributed by atoms with Crippen LogP contribution in [0.2, 0.25) is 0 Å². The number of carbonyl (C=O) groups is 2. The van der Waals surface area contributed by atoms with E-state index >= 15 is 0 Å². The summed E-state index contributed by atoms with van der Waals surface area (Å²) in [7, 11) is 0. The number of carbonyl (C=O) groups excluding carboxylic acids is 2. The summed E-state index contributed by atoms with van der Waals surface area (Å²) < 4.78 is 4.72. The summed E-state index contributed by atoms with van der Waals surface area (Å²) in [4.78, 5) is 24.4. The Labute approximate surface area is 97.1 Å². The molecule has 0 aliphatic rings. The quantitative estimate of drug-likeness (QED) is 0.672. The monoisotopic (exact) mass is 230 g/mol. The highest BCUT2D eigenvalue weighted by atomic mass is 16.5. The molecule has 2 amide bonds. The van der Waals surface area contributed by atoms with Gasteiger partial charge >= 0.3 is 12.0 Å². The molecule has 0 saturated heterocycles. The number of esters is 1. The molecular weight excluding hydrogens is 208 g/mol. The number of ether oxygens (including phenoxy) is 1. The van der Waals surface area contributed by atoms with Crippen LogP contribution in [0.25, 0.3) is 0 Å². The fraction of sp³-hybridized carbons (Fsp3) is 0.818. The fourth-order valence-corrected chi connectivity index (χ4v) is 1.33. The van der Waals surface area contributed by atoms with E-state index in [4.69, 9.17) is 4.74 Å². The molecular formula is C11H22N2O3. The second-order valence-electron chi connectivity index (χ2n) is 3.45. The van der Waals surface area contributed by atoms with Gasteiger partial charge < -0.3 is 15.0 Å². The lowest BCUT2D eigenvalue weighted by molar-refractivity contribution is -0.141. The number of rotatable bonds is 7. The first kappa shape index (κ1) is 14.7. The van der Waals surface area contributed by atoms with Crippen LogP contribution in [0.4, 0.5) is 4.79 Å². The Hall–Kier alpha value is -1.26. The van der Waals surface area contributed by atoms with Gasteiger partial charge in [0.2, 0.25) is 0 Å². The second kappa shape index (κ2) is 9.00. The first-order chi connectivity index (χ1) is 7.65. The normalized spacial score (nSPS) is 9.69. The number of amides is 2. The third kappa shape index (κ3) is 6.27. The lowest BCUT2D eigenvalue weighted by Gasteiger charge is -2.21. The Bertz CT molecular complexity index is 213. The van der Waals surface area contributed by atoms with Crippen LogP contribution in [-0.2, 0) is 9.53 Å². The molecule has 0 heterocycles. The van der Waals surface area contributed by atoms with E-state index in [0.29, 0.717) is 19.7 Å². The summed E-state index contributed by atoms with van der Waals surface area (Å²) in [5.41, 5.74) is 0. The molecule has 94 valence electrons. The summed E-state index contributed by atoms with van der Waals surface area (Å²) in [6.45, 7) is 7.46. The molecule has 0 aromatic carbocycles. The van der Waals surface area contributed by atoms with Crippen molar-refractivity contribution in [3.63, 3.8) is 0 Å². The molecule has 0 fully saturated rings. The van der Waals surface area contributed by atoms with Crippen molar-refractivity contribution >= 4 is 12.0 Å². The average Bonchev–Trinajstić information content (AvgIpc) is 2.26. The largest absolute Gasteiger partial charge is 0.465 e. The molecule has 0 unspecified atom stereocenters. The molecule has 0 rings (SSSR count). The Morgan fingerprint density at radius 3 is 2.12 bits per heavy atom. The Morgan fingerprint density at radius 1 is 1.12 bits per heavy atom. The topological polar surface area (TPSA) is 58.6 Å². The van der Waals surface area contributed by atoms with Gasteiger partial charge in [0, 0.05) is 13.1 Å². The summed E-state index contributed by atoms with van der Waals surface area (Å²) in [6, 6.07) is -0.197. The van der Waals surface area contributed by atoms with Crippen molar-refractivity contribution in [2.75, 3.05) is 26.2 Å². The molecule has 0 aliphatic heterocycles. The van der Waals surface area contributed by atoms with Crippen LogP contribution in [0.3, 0.4) is 0 Å². The van der Waals surface area contributed by atoms with Crippen molar-refractivity contribution in [2.45, 2.75) is 33.6 Å². The first-order valence-electron chi connectivity index (χ1n) is 5.84. The third-order valence-corrected chi connectivity index (χ3v) is 1.96. The summed E-state index contributed by atoms with van der Waals surface area (Å²) in [5.74, 6) is -0.399. The van der Waals surface area contributed by atoms with Gasteiger partial charge in [-0.3, -0.25) is 4.79 Å². The number of hydrogen-bond donors (Lipinski definition) is 1. The van der Waals surface area contributed by atoms with Gasteiger partial charge in [-0.15, -0.1) is 0 Å². The zero-order valence-corrected chi connectivity index (χ0v) is 10.4. The van der Waals surface area contributed by atoms with Crippen LogP contribution < -0.4 is 5.32 Å². The highest BCUT2D eigenvalue weighted by molar-refractivity contribution is 5.80. The first-order valence-corrected chi connectivity index (χ1v) is 5.84. The molecule has 5 nitrogen and oxygen atoms in total.